The molecule has 0 unspecified atom stereocenters. The number of hydrogen-bond donors (Lipinski definition) is 1. The first kappa shape index (κ1) is 15.9. The van der Waals surface area contributed by atoms with Crippen molar-refractivity contribution < 1.29 is 4.79 Å². The largest absolute Gasteiger partial charge is 0.352 e. The van der Waals surface area contributed by atoms with Crippen LogP contribution >= 0.6 is 0 Å². The summed E-state index contributed by atoms with van der Waals surface area (Å²) in [5.41, 5.74) is 1.25. The van der Waals surface area contributed by atoms with Crippen molar-refractivity contribution in [2.75, 3.05) is 0 Å². The van der Waals surface area contributed by atoms with Crippen molar-refractivity contribution in [2.45, 2.75) is 44.7 Å². The first-order chi connectivity index (χ1) is 12.1. The fourth-order valence-corrected chi connectivity index (χ4v) is 3.87. The number of amides is 1. The molecule has 1 fully saturated rings. The molecule has 0 atom stereocenters. The minimum Gasteiger partial charge on any atom is -0.352 e. The van der Waals surface area contributed by atoms with Gasteiger partial charge in [-0.3, -0.25) is 9.59 Å². The second-order valence-electron chi connectivity index (χ2n) is 6.84. The van der Waals surface area contributed by atoms with Crippen LogP contribution in [0.15, 0.2) is 35.3 Å². The fraction of sp³-hybridized carbons (Fsp3) is 0.421. The van der Waals surface area contributed by atoms with Crippen LogP contribution in [-0.2, 0) is 18.4 Å². The van der Waals surface area contributed by atoms with Crippen molar-refractivity contribution in [1.29, 1.82) is 0 Å². The molecule has 0 bridgehead atoms. The summed E-state index contributed by atoms with van der Waals surface area (Å²) in [5, 5.41) is 9.02. The number of para-hydroxylation sites is 1. The number of fused-ring (bicyclic) bond motifs is 3. The van der Waals surface area contributed by atoms with E-state index in [4.69, 9.17) is 0 Å². The third kappa shape index (κ3) is 2.81. The lowest BCUT2D eigenvalue weighted by Crippen LogP contribution is -2.38. The smallest absolute Gasteiger partial charge is 0.291 e. The Morgan fingerprint density at radius 2 is 1.96 bits per heavy atom. The Bertz CT molecular complexity index is 996. The van der Waals surface area contributed by atoms with Gasteiger partial charge in [-0.25, -0.2) is 4.68 Å². The number of nitrogens with one attached hydrogen (secondary N) is 1. The van der Waals surface area contributed by atoms with Gasteiger partial charge in [0, 0.05) is 29.4 Å². The summed E-state index contributed by atoms with van der Waals surface area (Å²) in [4.78, 5) is 25.2. The second-order valence-corrected chi connectivity index (χ2v) is 6.84. The van der Waals surface area contributed by atoms with E-state index in [1.807, 2.05) is 28.8 Å². The molecule has 6 nitrogen and oxygen atoms in total. The van der Waals surface area contributed by atoms with Crippen molar-refractivity contribution in [1.82, 2.24) is 19.7 Å². The molecule has 4 rings (SSSR count). The molecule has 1 saturated carbocycles. The lowest BCUT2D eigenvalue weighted by molar-refractivity contribution is -0.122. The predicted octanol–water partition coefficient (Wildman–Crippen LogP) is 2.34. The molecule has 1 aliphatic carbocycles. The van der Waals surface area contributed by atoms with Gasteiger partial charge in [0.25, 0.3) is 5.56 Å². The van der Waals surface area contributed by atoms with E-state index in [-0.39, 0.29) is 24.1 Å². The molecule has 1 aromatic carbocycles. The monoisotopic (exact) mass is 338 g/mol. The van der Waals surface area contributed by atoms with Crippen molar-refractivity contribution in [3.8, 4) is 0 Å². The van der Waals surface area contributed by atoms with E-state index in [1.165, 1.54) is 23.9 Å². The average Bonchev–Trinajstić information content (AvgIpc) is 2.93. The Balaban J connectivity index is 1.75. The topological polar surface area (TPSA) is 68.9 Å². The van der Waals surface area contributed by atoms with E-state index in [0.29, 0.717) is 5.52 Å². The normalized spacial score (nSPS) is 15.7. The van der Waals surface area contributed by atoms with Gasteiger partial charge in [0.1, 0.15) is 12.1 Å². The average molecular weight is 338 g/mol. The molecule has 6 heteroatoms. The zero-order valence-corrected chi connectivity index (χ0v) is 14.4. The molecule has 0 spiro atoms. The van der Waals surface area contributed by atoms with E-state index < -0.39 is 0 Å². The molecule has 1 aliphatic rings. The number of benzene rings is 1. The highest BCUT2D eigenvalue weighted by molar-refractivity contribution is 6.07. The number of nitrogens with zero attached hydrogens (tertiary/aromatic N) is 3. The molecule has 1 N–H and O–H groups in total. The Morgan fingerprint density at radius 3 is 2.76 bits per heavy atom. The minimum atomic E-state index is -0.181. The highest BCUT2D eigenvalue weighted by atomic mass is 16.2. The van der Waals surface area contributed by atoms with Gasteiger partial charge in [-0.15, -0.1) is 0 Å². The molecule has 3 aromatic rings. The lowest BCUT2D eigenvalue weighted by Gasteiger charge is -2.23. The molecule has 0 aliphatic heterocycles. The van der Waals surface area contributed by atoms with Crippen LogP contribution in [0, 0.1) is 0 Å². The summed E-state index contributed by atoms with van der Waals surface area (Å²) in [6.07, 6.45) is 7.39. The van der Waals surface area contributed by atoms with Gasteiger partial charge < -0.3 is 9.88 Å². The van der Waals surface area contributed by atoms with Gasteiger partial charge in [0.15, 0.2) is 0 Å². The number of carbonyl (C=O) groups is 1. The van der Waals surface area contributed by atoms with Crippen LogP contribution < -0.4 is 10.9 Å². The van der Waals surface area contributed by atoms with Crippen LogP contribution in [0.1, 0.15) is 32.1 Å². The lowest BCUT2D eigenvalue weighted by atomic mass is 9.95. The highest BCUT2D eigenvalue weighted by Gasteiger charge is 2.19. The summed E-state index contributed by atoms with van der Waals surface area (Å²) in [7, 11) is 1.63. The second kappa shape index (κ2) is 6.35. The summed E-state index contributed by atoms with van der Waals surface area (Å²) >= 11 is 0. The number of aromatic nitrogens is 3. The number of aryl methyl sites for hydroxylation is 1. The molecule has 0 radical (unpaired) electrons. The molecule has 2 heterocycles. The zero-order valence-electron chi connectivity index (χ0n) is 14.4. The van der Waals surface area contributed by atoms with Gasteiger partial charge >= 0.3 is 0 Å². The number of carbonyl (C=O) groups excluding carboxylic acids is 1. The van der Waals surface area contributed by atoms with E-state index in [0.717, 1.165) is 29.1 Å². The van der Waals surface area contributed by atoms with Crippen molar-refractivity contribution >= 4 is 27.7 Å². The van der Waals surface area contributed by atoms with E-state index >= 15 is 0 Å². The Labute approximate surface area is 145 Å². The molecule has 130 valence electrons. The molecular weight excluding hydrogens is 316 g/mol. The van der Waals surface area contributed by atoms with Crippen LogP contribution in [0.4, 0.5) is 0 Å². The van der Waals surface area contributed by atoms with E-state index in [9.17, 15) is 9.59 Å². The first-order valence-electron chi connectivity index (χ1n) is 8.88. The maximum Gasteiger partial charge on any atom is 0.291 e. The summed E-state index contributed by atoms with van der Waals surface area (Å²) in [5.74, 6) is -0.0339. The van der Waals surface area contributed by atoms with Crippen molar-refractivity contribution in [2.24, 2.45) is 7.05 Å². The predicted molar refractivity (Wildman–Crippen MR) is 97.5 cm³/mol. The SMILES string of the molecule is Cn1ncc2c3ccccc3n(CC(=O)NC3CCCCC3)c2c1=O. The molecule has 0 saturated heterocycles. The highest BCUT2D eigenvalue weighted by Crippen LogP contribution is 2.26. The Morgan fingerprint density at radius 1 is 1.20 bits per heavy atom. The molecule has 2 aromatic heterocycles. The van der Waals surface area contributed by atoms with Gasteiger partial charge in [-0.2, -0.15) is 5.10 Å². The molecule has 25 heavy (non-hydrogen) atoms. The van der Waals surface area contributed by atoms with Gasteiger partial charge in [-0.1, -0.05) is 37.5 Å². The fourth-order valence-electron chi connectivity index (χ4n) is 3.87. The minimum absolute atomic E-state index is 0.0339. The zero-order chi connectivity index (χ0) is 17.4. The van der Waals surface area contributed by atoms with Gasteiger partial charge in [0.2, 0.25) is 5.91 Å². The summed E-state index contributed by atoms with van der Waals surface area (Å²) < 4.78 is 3.14. The quantitative estimate of drug-likeness (QED) is 0.797. The summed E-state index contributed by atoms with van der Waals surface area (Å²) in [6, 6.07) is 8.04. The van der Waals surface area contributed by atoms with Crippen LogP contribution in [0.2, 0.25) is 0 Å². The van der Waals surface area contributed by atoms with Crippen LogP contribution in [0.5, 0.6) is 0 Å². The Hall–Kier alpha value is -2.63. The number of rotatable bonds is 3. The van der Waals surface area contributed by atoms with Crippen LogP contribution in [-0.4, -0.2) is 26.3 Å². The van der Waals surface area contributed by atoms with Crippen LogP contribution in [0.3, 0.4) is 0 Å². The van der Waals surface area contributed by atoms with Crippen molar-refractivity contribution in [3.05, 3.63) is 40.8 Å². The standard InChI is InChI=1S/C19H22N4O2/c1-22-19(25)18-15(11-20-22)14-9-5-6-10-16(14)23(18)12-17(24)21-13-7-3-2-4-8-13/h5-6,9-11,13H,2-4,7-8,12H2,1H3,(H,21,24). The maximum atomic E-state index is 12.6. The first-order valence-corrected chi connectivity index (χ1v) is 8.88. The third-order valence-corrected chi connectivity index (χ3v) is 5.14. The number of hydrogen-bond acceptors (Lipinski definition) is 3. The Kier molecular flexibility index (Phi) is 4.03. The van der Waals surface area contributed by atoms with Crippen LogP contribution in [0.25, 0.3) is 21.8 Å². The van der Waals surface area contributed by atoms with Gasteiger partial charge in [-0.05, 0) is 18.9 Å². The maximum absolute atomic E-state index is 12.6. The van der Waals surface area contributed by atoms with E-state index in [2.05, 4.69) is 10.4 Å². The van der Waals surface area contributed by atoms with Crippen molar-refractivity contribution in [3.63, 3.8) is 0 Å². The molecular formula is C19H22N4O2. The molecule has 1 amide bonds. The summed E-state index contributed by atoms with van der Waals surface area (Å²) in [6.45, 7) is 0.153. The third-order valence-electron chi connectivity index (χ3n) is 5.14. The van der Waals surface area contributed by atoms with Gasteiger partial charge in [0.05, 0.1) is 6.20 Å². The van der Waals surface area contributed by atoms with E-state index in [1.54, 1.807) is 13.2 Å².